The zero-order chi connectivity index (χ0) is 12.3. The van der Waals surface area contributed by atoms with Gasteiger partial charge in [-0.2, -0.15) is 0 Å². The second-order valence-corrected chi connectivity index (χ2v) is 7.13. The first-order valence-electron chi connectivity index (χ1n) is 5.80. The van der Waals surface area contributed by atoms with Crippen LogP contribution >= 0.6 is 15.9 Å². The Hall–Kier alpha value is -0.610. The van der Waals surface area contributed by atoms with Crippen LogP contribution in [0.5, 0.6) is 0 Å². The third-order valence-corrected chi connectivity index (χ3v) is 6.11. The summed E-state index contributed by atoms with van der Waals surface area (Å²) in [4.78, 5) is 0.968. The van der Waals surface area contributed by atoms with Crippen molar-refractivity contribution < 1.29 is 8.42 Å². The molecule has 0 N–H and O–H groups in total. The quantitative estimate of drug-likeness (QED) is 0.826. The van der Waals surface area contributed by atoms with Crippen LogP contribution in [-0.2, 0) is 9.84 Å². The minimum atomic E-state index is -3.30. The van der Waals surface area contributed by atoms with E-state index in [1.54, 1.807) is 24.3 Å². The van der Waals surface area contributed by atoms with Gasteiger partial charge in [0.15, 0.2) is 0 Å². The molecular weight excluding hydrogens is 300 g/mol. The lowest BCUT2D eigenvalue weighted by molar-refractivity contribution is 0.599. The summed E-state index contributed by atoms with van der Waals surface area (Å²) in [5, 5.41) is 0. The smallest absolute Gasteiger partial charge is 0.203 e. The minimum Gasteiger partial charge on any atom is -0.219 e. The van der Waals surface area contributed by atoms with E-state index in [4.69, 9.17) is 0 Å². The molecule has 4 heteroatoms. The monoisotopic (exact) mass is 314 g/mol. The highest BCUT2D eigenvalue weighted by molar-refractivity contribution is 9.11. The summed E-state index contributed by atoms with van der Waals surface area (Å²) >= 11 is 3.44. The van der Waals surface area contributed by atoms with Gasteiger partial charge in [-0.25, -0.2) is 8.42 Å². The van der Waals surface area contributed by atoms with Crippen LogP contribution in [-0.4, -0.2) is 8.42 Å². The van der Waals surface area contributed by atoms with Crippen molar-refractivity contribution in [1.82, 2.24) is 0 Å². The van der Waals surface area contributed by atoms with Gasteiger partial charge in [-0.15, -0.1) is 0 Å². The van der Waals surface area contributed by atoms with Gasteiger partial charge in [0.1, 0.15) is 0 Å². The summed E-state index contributed by atoms with van der Waals surface area (Å²) in [5.41, 5.74) is 0. The Bertz CT molecular complexity index is 518. The van der Waals surface area contributed by atoms with Gasteiger partial charge in [0, 0.05) is 4.48 Å². The van der Waals surface area contributed by atoms with Crippen molar-refractivity contribution in [3.05, 3.63) is 39.7 Å². The minimum absolute atomic E-state index is 0.397. The Balaban J connectivity index is 2.45. The summed E-state index contributed by atoms with van der Waals surface area (Å²) in [6, 6.07) is 8.67. The van der Waals surface area contributed by atoms with E-state index >= 15 is 0 Å². The summed E-state index contributed by atoms with van der Waals surface area (Å²) in [6.45, 7) is 0. The first kappa shape index (κ1) is 12.8. The third kappa shape index (κ3) is 2.80. The molecule has 0 heterocycles. The van der Waals surface area contributed by atoms with Crippen LogP contribution in [0.4, 0.5) is 0 Å². The van der Waals surface area contributed by atoms with Gasteiger partial charge in [-0.3, -0.25) is 0 Å². The molecule has 1 aliphatic rings. The van der Waals surface area contributed by atoms with Gasteiger partial charge in [0.05, 0.1) is 9.80 Å². The molecule has 0 fully saturated rings. The zero-order valence-electron chi connectivity index (χ0n) is 9.52. The molecule has 0 aromatic heterocycles. The number of benzene rings is 1. The first-order chi connectivity index (χ1) is 8.12. The lowest BCUT2D eigenvalue weighted by Gasteiger charge is -2.09. The van der Waals surface area contributed by atoms with Crippen LogP contribution in [0.15, 0.2) is 44.6 Å². The highest BCUT2D eigenvalue weighted by Gasteiger charge is 2.24. The number of allylic oxidation sites excluding steroid dienone is 2. The molecule has 0 bridgehead atoms. The largest absolute Gasteiger partial charge is 0.219 e. The van der Waals surface area contributed by atoms with E-state index in [0.29, 0.717) is 16.2 Å². The van der Waals surface area contributed by atoms with Crippen molar-refractivity contribution in [2.24, 2.45) is 0 Å². The number of hydrogen-bond acceptors (Lipinski definition) is 2. The van der Waals surface area contributed by atoms with E-state index < -0.39 is 9.84 Å². The fourth-order valence-electron chi connectivity index (χ4n) is 2.04. The second kappa shape index (κ2) is 5.36. The summed E-state index contributed by atoms with van der Waals surface area (Å²) < 4.78 is 25.8. The van der Waals surface area contributed by atoms with Crippen LogP contribution in [0.25, 0.3) is 0 Å². The maximum Gasteiger partial charge on any atom is 0.203 e. The molecule has 2 rings (SSSR count). The third-order valence-electron chi connectivity index (χ3n) is 2.98. The van der Waals surface area contributed by atoms with Crippen molar-refractivity contribution in [2.75, 3.05) is 0 Å². The van der Waals surface area contributed by atoms with Crippen LogP contribution in [0.2, 0.25) is 0 Å². The standard InChI is InChI=1S/C13H15BrO2S/c14-12-9-5-2-6-10-13(12)17(15,16)11-7-3-1-4-8-11/h1,3-4,7-8H,2,5-6,9-10H2. The van der Waals surface area contributed by atoms with E-state index in [1.165, 1.54) is 0 Å². The maximum atomic E-state index is 12.5. The number of rotatable bonds is 2. The molecule has 1 aliphatic carbocycles. The van der Waals surface area contributed by atoms with Crippen LogP contribution in [0.1, 0.15) is 32.1 Å². The molecule has 92 valence electrons. The van der Waals surface area contributed by atoms with Crippen molar-refractivity contribution in [1.29, 1.82) is 0 Å². The van der Waals surface area contributed by atoms with E-state index in [-0.39, 0.29) is 0 Å². The van der Waals surface area contributed by atoms with Crippen LogP contribution in [0, 0.1) is 0 Å². The predicted molar refractivity (Wildman–Crippen MR) is 72.7 cm³/mol. The van der Waals surface area contributed by atoms with Crippen molar-refractivity contribution in [3.63, 3.8) is 0 Å². The second-order valence-electron chi connectivity index (χ2n) is 4.21. The maximum absolute atomic E-state index is 12.5. The van der Waals surface area contributed by atoms with Gasteiger partial charge >= 0.3 is 0 Å². The van der Waals surface area contributed by atoms with Crippen molar-refractivity contribution in [3.8, 4) is 0 Å². The normalized spacial score (nSPS) is 17.9. The average Bonchev–Trinajstić information content (AvgIpc) is 2.55. The Morgan fingerprint density at radius 2 is 1.59 bits per heavy atom. The van der Waals surface area contributed by atoms with Gasteiger partial charge in [-0.05, 0) is 37.8 Å². The molecule has 0 amide bonds. The summed E-state index contributed by atoms with van der Waals surface area (Å²) in [5.74, 6) is 0. The lowest BCUT2D eigenvalue weighted by Crippen LogP contribution is -2.05. The topological polar surface area (TPSA) is 34.1 Å². The van der Waals surface area contributed by atoms with Crippen molar-refractivity contribution >= 4 is 25.8 Å². The van der Waals surface area contributed by atoms with Crippen LogP contribution < -0.4 is 0 Å². The lowest BCUT2D eigenvalue weighted by atomic mass is 10.2. The molecule has 0 spiro atoms. The van der Waals surface area contributed by atoms with E-state index in [1.807, 2.05) is 6.07 Å². The Labute approximate surface area is 111 Å². The SMILES string of the molecule is O=S(=O)(C1=C(Br)CCCCC1)c1ccccc1. The Morgan fingerprint density at radius 3 is 2.29 bits per heavy atom. The molecule has 0 saturated carbocycles. The summed E-state index contributed by atoms with van der Waals surface area (Å²) in [7, 11) is -3.30. The molecule has 0 saturated heterocycles. The Morgan fingerprint density at radius 1 is 0.941 bits per heavy atom. The van der Waals surface area contributed by atoms with Gasteiger partial charge in [-0.1, -0.05) is 40.5 Å². The molecule has 0 unspecified atom stereocenters. The molecule has 2 nitrogen and oxygen atoms in total. The Kier molecular flexibility index (Phi) is 4.05. The van der Waals surface area contributed by atoms with E-state index in [2.05, 4.69) is 15.9 Å². The molecule has 0 aliphatic heterocycles. The van der Waals surface area contributed by atoms with E-state index in [0.717, 1.165) is 30.2 Å². The molecule has 1 aromatic carbocycles. The van der Waals surface area contributed by atoms with Gasteiger partial charge in [0.25, 0.3) is 0 Å². The highest BCUT2D eigenvalue weighted by Crippen LogP contribution is 2.34. The fraction of sp³-hybridized carbons (Fsp3) is 0.385. The number of hydrogen-bond donors (Lipinski definition) is 0. The zero-order valence-corrected chi connectivity index (χ0v) is 11.9. The fourth-order valence-corrected chi connectivity index (χ4v) is 4.76. The number of sulfone groups is 1. The predicted octanol–water partition coefficient (Wildman–Crippen LogP) is 4.03. The molecular formula is C13H15BrO2S. The first-order valence-corrected chi connectivity index (χ1v) is 8.07. The summed E-state index contributed by atoms with van der Waals surface area (Å²) in [6.07, 6.45) is 4.60. The highest BCUT2D eigenvalue weighted by atomic mass is 79.9. The molecule has 1 aromatic rings. The van der Waals surface area contributed by atoms with Crippen molar-refractivity contribution in [2.45, 2.75) is 37.0 Å². The number of halogens is 1. The van der Waals surface area contributed by atoms with E-state index in [9.17, 15) is 8.42 Å². The van der Waals surface area contributed by atoms with Gasteiger partial charge in [0.2, 0.25) is 9.84 Å². The van der Waals surface area contributed by atoms with Gasteiger partial charge < -0.3 is 0 Å². The van der Waals surface area contributed by atoms with Crippen LogP contribution in [0.3, 0.4) is 0 Å². The molecule has 0 atom stereocenters. The molecule has 17 heavy (non-hydrogen) atoms. The average molecular weight is 315 g/mol. The molecule has 0 radical (unpaired) electrons.